The number of rotatable bonds is 3. The number of thioether (sulfide) groups is 1. The summed E-state index contributed by atoms with van der Waals surface area (Å²) in [6.07, 6.45) is 7.77. The average molecular weight is 238 g/mol. The van der Waals surface area contributed by atoms with E-state index >= 15 is 0 Å². The van der Waals surface area contributed by atoms with Crippen molar-refractivity contribution in [2.45, 2.75) is 36.8 Å². The van der Waals surface area contributed by atoms with Crippen molar-refractivity contribution in [2.24, 2.45) is 0 Å². The van der Waals surface area contributed by atoms with Crippen molar-refractivity contribution < 1.29 is 9.90 Å². The van der Waals surface area contributed by atoms with E-state index in [9.17, 15) is 4.79 Å². The number of carboxylic acids is 1. The topological polar surface area (TPSA) is 63.1 Å². The van der Waals surface area contributed by atoms with Crippen LogP contribution in [-0.2, 0) is 0 Å². The van der Waals surface area contributed by atoms with Crippen LogP contribution in [0.15, 0.2) is 11.4 Å². The van der Waals surface area contributed by atoms with E-state index in [1.807, 2.05) is 6.26 Å². The lowest BCUT2D eigenvalue weighted by atomic mass is 10.00. The highest BCUT2D eigenvalue weighted by molar-refractivity contribution is 7.98. The fourth-order valence-corrected chi connectivity index (χ4v) is 2.50. The Bertz CT molecular complexity index is 403. The summed E-state index contributed by atoms with van der Waals surface area (Å²) in [7, 11) is 0. The third-order valence-corrected chi connectivity index (χ3v) is 3.51. The normalized spacial score (nSPS) is 16.6. The molecule has 0 spiro atoms. The van der Waals surface area contributed by atoms with Gasteiger partial charge in [0.15, 0.2) is 5.16 Å². The van der Waals surface area contributed by atoms with Crippen molar-refractivity contribution in [1.29, 1.82) is 0 Å². The van der Waals surface area contributed by atoms with Crippen molar-refractivity contribution in [2.75, 3.05) is 6.26 Å². The summed E-state index contributed by atoms with van der Waals surface area (Å²) in [5, 5.41) is 9.76. The number of hydrogen-bond acceptors (Lipinski definition) is 4. The van der Waals surface area contributed by atoms with Crippen LogP contribution in [0.25, 0.3) is 0 Å². The van der Waals surface area contributed by atoms with Gasteiger partial charge in [-0.2, -0.15) is 0 Å². The Labute approximate surface area is 98.5 Å². The number of carbonyl (C=O) groups is 1. The zero-order chi connectivity index (χ0) is 11.5. The number of aromatic nitrogens is 2. The van der Waals surface area contributed by atoms with Crippen LogP contribution in [0.5, 0.6) is 0 Å². The van der Waals surface area contributed by atoms with Gasteiger partial charge in [0.1, 0.15) is 0 Å². The minimum absolute atomic E-state index is 0.268. The smallest absolute Gasteiger partial charge is 0.339 e. The van der Waals surface area contributed by atoms with Gasteiger partial charge in [0.2, 0.25) is 0 Å². The fourth-order valence-electron chi connectivity index (χ4n) is 2.15. The summed E-state index contributed by atoms with van der Waals surface area (Å²) in [5.41, 5.74) is 0.994. The van der Waals surface area contributed by atoms with Crippen LogP contribution < -0.4 is 0 Å². The van der Waals surface area contributed by atoms with Crippen molar-refractivity contribution >= 4 is 17.7 Å². The Kier molecular flexibility index (Phi) is 3.43. The van der Waals surface area contributed by atoms with Crippen LogP contribution in [0.4, 0.5) is 0 Å². The molecule has 0 bridgehead atoms. The van der Waals surface area contributed by atoms with Crippen LogP contribution in [0.1, 0.15) is 47.7 Å². The molecule has 1 aromatic rings. The summed E-state index contributed by atoms with van der Waals surface area (Å²) < 4.78 is 0. The highest BCUT2D eigenvalue weighted by Gasteiger charge is 2.24. The SMILES string of the molecule is CSc1ncc(C(=O)O)c(C2CCCC2)n1. The third-order valence-electron chi connectivity index (χ3n) is 2.95. The molecule has 86 valence electrons. The molecule has 1 N–H and O–H groups in total. The molecule has 1 aromatic heterocycles. The third kappa shape index (κ3) is 2.19. The molecular formula is C11H14N2O2S. The van der Waals surface area contributed by atoms with Crippen LogP contribution in [-0.4, -0.2) is 27.3 Å². The van der Waals surface area contributed by atoms with Gasteiger partial charge in [0, 0.05) is 12.1 Å². The van der Waals surface area contributed by atoms with Crippen LogP contribution >= 0.6 is 11.8 Å². The van der Waals surface area contributed by atoms with Gasteiger partial charge in [0.05, 0.1) is 11.3 Å². The van der Waals surface area contributed by atoms with Gasteiger partial charge < -0.3 is 5.11 Å². The molecule has 0 radical (unpaired) electrons. The van der Waals surface area contributed by atoms with Crippen molar-refractivity contribution in [3.63, 3.8) is 0 Å². The second kappa shape index (κ2) is 4.82. The van der Waals surface area contributed by atoms with E-state index in [1.165, 1.54) is 30.8 Å². The van der Waals surface area contributed by atoms with E-state index in [0.29, 0.717) is 11.1 Å². The van der Waals surface area contributed by atoms with Gasteiger partial charge in [-0.1, -0.05) is 24.6 Å². The van der Waals surface area contributed by atoms with Gasteiger partial charge in [-0.3, -0.25) is 0 Å². The number of nitrogens with zero attached hydrogens (tertiary/aromatic N) is 2. The molecule has 2 rings (SSSR count). The molecule has 0 aromatic carbocycles. The lowest BCUT2D eigenvalue weighted by Gasteiger charge is -2.11. The summed E-state index contributed by atoms with van der Waals surface area (Å²) in [4.78, 5) is 19.5. The molecule has 0 saturated heterocycles. The number of aromatic carboxylic acids is 1. The number of carboxylic acid groups (broad SMARTS) is 1. The maximum absolute atomic E-state index is 11.1. The molecular weight excluding hydrogens is 224 g/mol. The number of hydrogen-bond donors (Lipinski definition) is 1. The molecule has 1 aliphatic carbocycles. The van der Waals surface area contributed by atoms with E-state index in [2.05, 4.69) is 9.97 Å². The zero-order valence-corrected chi connectivity index (χ0v) is 9.96. The Morgan fingerprint density at radius 2 is 2.19 bits per heavy atom. The quantitative estimate of drug-likeness (QED) is 0.647. The van der Waals surface area contributed by atoms with E-state index in [4.69, 9.17) is 5.11 Å². The second-order valence-electron chi connectivity index (χ2n) is 3.94. The van der Waals surface area contributed by atoms with Gasteiger partial charge >= 0.3 is 5.97 Å². The first kappa shape index (κ1) is 11.4. The van der Waals surface area contributed by atoms with E-state index < -0.39 is 5.97 Å². The Morgan fingerprint density at radius 1 is 1.50 bits per heavy atom. The van der Waals surface area contributed by atoms with Gasteiger partial charge in [0.25, 0.3) is 0 Å². The molecule has 5 heteroatoms. The van der Waals surface area contributed by atoms with E-state index in [0.717, 1.165) is 18.5 Å². The molecule has 0 amide bonds. The average Bonchev–Trinajstić information content (AvgIpc) is 2.81. The van der Waals surface area contributed by atoms with Crippen molar-refractivity contribution in [3.8, 4) is 0 Å². The van der Waals surface area contributed by atoms with Gasteiger partial charge in [-0.15, -0.1) is 0 Å². The molecule has 16 heavy (non-hydrogen) atoms. The summed E-state index contributed by atoms with van der Waals surface area (Å²) in [6, 6.07) is 0. The Hall–Kier alpha value is -1.10. The lowest BCUT2D eigenvalue weighted by molar-refractivity contribution is 0.0693. The fraction of sp³-hybridized carbons (Fsp3) is 0.545. The standard InChI is InChI=1S/C11H14N2O2S/c1-16-11-12-6-8(10(14)15)9(13-11)7-4-2-3-5-7/h6-7H,2-5H2,1H3,(H,14,15). The van der Waals surface area contributed by atoms with Gasteiger partial charge in [-0.05, 0) is 19.1 Å². The maximum atomic E-state index is 11.1. The molecule has 0 unspecified atom stereocenters. The molecule has 0 aliphatic heterocycles. The molecule has 0 atom stereocenters. The predicted molar refractivity (Wildman–Crippen MR) is 62.0 cm³/mol. The Balaban J connectivity index is 2.40. The van der Waals surface area contributed by atoms with Crippen molar-refractivity contribution in [1.82, 2.24) is 9.97 Å². The first-order valence-electron chi connectivity index (χ1n) is 5.36. The highest BCUT2D eigenvalue weighted by Crippen LogP contribution is 2.35. The van der Waals surface area contributed by atoms with Crippen LogP contribution in [0.2, 0.25) is 0 Å². The monoisotopic (exact) mass is 238 g/mol. The van der Waals surface area contributed by atoms with E-state index in [-0.39, 0.29) is 5.56 Å². The lowest BCUT2D eigenvalue weighted by Crippen LogP contribution is -2.09. The predicted octanol–water partition coefficient (Wildman–Crippen LogP) is 2.55. The first-order chi connectivity index (χ1) is 7.72. The largest absolute Gasteiger partial charge is 0.478 e. The second-order valence-corrected chi connectivity index (χ2v) is 4.72. The Morgan fingerprint density at radius 3 is 2.75 bits per heavy atom. The van der Waals surface area contributed by atoms with Crippen LogP contribution in [0, 0.1) is 0 Å². The molecule has 1 saturated carbocycles. The summed E-state index contributed by atoms with van der Waals surface area (Å²) in [6.45, 7) is 0. The summed E-state index contributed by atoms with van der Waals surface area (Å²) in [5.74, 6) is -0.616. The highest BCUT2D eigenvalue weighted by atomic mass is 32.2. The minimum Gasteiger partial charge on any atom is -0.478 e. The molecule has 1 aliphatic rings. The summed E-state index contributed by atoms with van der Waals surface area (Å²) >= 11 is 1.45. The van der Waals surface area contributed by atoms with Crippen LogP contribution in [0.3, 0.4) is 0 Å². The van der Waals surface area contributed by atoms with E-state index in [1.54, 1.807) is 0 Å². The van der Waals surface area contributed by atoms with Crippen molar-refractivity contribution in [3.05, 3.63) is 17.5 Å². The minimum atomic E-state index is -0.922. The van der Waals surface area contributed by atoms with Gasteiger partial charge in [-0.25, -0.2) is 14.8 Å². The maximum Gasteiger partial charge on any atom is 0.339 e. The first-order valence-corrected chi connectivity index (χ1v) is 6.59. The zero-order valence-electron chi connectivity index (χ0n) is 9.14. The molecule has 1 fully saturated rings. The molecule has 1 heterocycles. The molecule has 4 nitrogen and oxygen atoms in total.